The van der Waals surface area contributed by atoms with Crippen LogP contribution in [0.15, 0.2) is 121 Å². The van der Waals surface area contributed by atoms with Crippen LogP contribution in [0.3, 0.4) is 0 Å². The van der Waals surface area contributed by atoms with E-state index in [0.29, 0.717) is 6.04 Å². The Morgan fingerprint density at radius 1 is 0.596 bits per heavy atom. The van der Waals surface area contributed by atoms with Gasteiger partial charge in [0.1, 0.15) is 0 Å². The summed E-state index contributed by atoms with van der Waals surface area (Å²) in [4.78, 5) is 4.95. The molecule has 0 atom stereocenters. The van der Waals surface area contributed by atoms with Crippen molar-refractivity contribution in [2.24, 2.45) is 0 Å². The van der Waals surface area contributed by atoms with E-state index in [9.17, 15) is 0 Å². The van der Waals surface area contributed by atoms with Crippen molar-refractivity contribution in [3.8, 4) is 11.1 Å². The summed E-state index contributed by atoms with van der Waals surface area (Å²) in [5, 5.41) is 4.76. The van der Waals surface area contributed by atoms with Crippen LogP contribution in [0.4, 0.5) is 5.95 Å². The smallest absolute Gasteiger partial charge is 0.394 e. The van der Waals surface area contributed by atoms with Crippen LogP contribution in [0.25, 0.3) is 27.5 Å². The molecule has 0 radical (unpaired) electrons. The van der Waals surface area contributed by atoms with Gasteiger partial charge in [0, 0.05) is 11.5 Å². The van der Waals surface area contributed by atoms with Crippen molar-refractivity contribution in [3.05, 3.63) is 181 Å². The molecular formula is C43H49HfN3. The van der Waals surface area contributed by atoms with Gasteiger partial charge in [-0.2, -0.15) is 73.9 Å². The Morgan fingerprint density at radius 3 is 1.36 bits per heavy atom. The number of fused-ring (bicyclic) bond motifs is 1. The summed E-state index contributed by atoms with van der Waals surface area (Å²) in [7, 11) is 0. The summed E-state index contributed by atoms with van der Waals surface area (Å²) in [6.45, 7) is 26.3. The number of nitrogens with zero attached hydrogens (tertiary/aromatic N) is 3. The standard InChI is InChI=1S/C22H28N3.3C7H7.Hf/c1-13(2)23-22-24-21-18(9-8-10-19(21)25(22)14(3)4)20-16(6)11-15(5)12-17(20)7;3*1-7-5-3-2-4-6-7;/h8-14H,1-7H3;3*2-6H,1H2;/q4*-1;+4. The zero-order valence-corrected chi connectivity index (χ0v) is 32.8. The molecule has 0 spiro atoms. The second kappa shape index (κ2) is 19.5. The third-order valence-corrected chi connectivity index (χ3v) is 7.07. The second-order valence-electron chi connectivity index (χ2n) is 12.0. The van der Waals surface area contributed by atoms with Gasteiger partial charge in [0.05, 0.1) is 0 Å². The Hall–Kier alpha value is -4.15. The number of para-hydroxylation sites is 1. The summed E-state index contributed by atoms with van der Waals surface area (Å²) >= 11 is 0. The first kappa shape index (κ1) is 39.0. The van der Waals surface area contributed by atoms with E-state index < -0.39 is 0 Å². The Bertz CT molecular complexity index is 1640. The van der Waals surface area contributed by atoms with Crippen molar-refractivity contribution in [1.29, 1.82) is 0 Å². The van der Waals surface area contributed by atoms with Gasteiger partial charge in [0.2, 0.25) is 0 Å². The molecule has 0 saturated heterocycles. The van der Waals surface area contributed by atoms with Gasteiger partial charge in [-0.25, -0.2) is 0 Å². The summed E-state index contributed by atoms with van der Waals surface area (Å²) < 4.78 is 2.25. The predicted molar refractivity (Wildman–Crippen MR) is 201 cm³/mol. The van der Waals surface area contributed by atoms with Gasteiger partial charge in [0.15, 0.2) is 0 Å². The zero-order chi connectivity index (χ0) is 33.6. The van der Waals surface area contributed by atoms with Crippen molar-refractivity contribution >= 4 is 17.0 Å². The number of hydrogen-bond acceptors (Lipinski definition) is 1. The molecule has 1 heterocycles. The zero-order valence-electron chi connectivity index (χ0n) is 29.2. The maximum atomic E-state index is 4.95. The van der Waals surface area contributed by atoms with E-state index in [0.717, 1.165) is 33.7 Å². The number of hydrogen-bond donors (Lipinski definition) is 0. The maximum Gasteiger partial charge on any atom is 4.00 e. The monoisotopic (exact) mass is 787 g/mol. The van der Waals surface area contributed by atoms with Gasteiger partial charge < -0.3 is 14.9 Å². The first-order valence-electron chi connectivity index (χ1n) is 15.9. The molecule has 1 aromatic heterocycles. The molecule has 240 valence electrons. The minimum Gasteiger partial charge on any atom is -0.394 e. The van der Waals surface area contributed by atoms with Crippen molar-refractivity contribution in [2.75, 3.05) is 0 Å². The molecule has 5 aromatic carbocycles. The van der Waals surface area contributed by atoms with Crippen LogP contribution in [0.1, 0.15) is 67.1 Å². The van der Waals surface area contributed by atoms with Gasteiger partial charge in [-0.1, -0.05) is 81.8 Å². The van der Waals surface area contributed by atoms with E-state index in [2.05, 4.69) is 104 Å². The third-order valence-electron chi connectivity index (χ3n) is 7.07. The molecule has 4 heteroatoms. The summed E-state index contributed by atoms with van der Waals surface area (Å²) in [6, 6.07) is 41.1. The molecule has 0 bridgehead atoms. The van der Waals surface area contributed by atoms with Crippen LogP contribution >= 0.6 is 0 Å². The van der Waals surface area contributed by atoms with Crippen molar-refractivity contribution in [3.63, 3.8) is 0 Å². The molecule has 47 heavy (non-hydrogen) atoms. The molecule has 0 saturated carbocycles. The fourth-order valence-corrected chi connectivity index (χ4v) is 5.18. The van der Waals surface area contributed by atoms with Gasteiger partial charge in [-0.3, -0.25) is 0 Å². The molecule has 6 aromatic rings. The number of imidazole rings is 1. The Kier molecular flexibility index (Phi) is 16.2. The van der Waals surface area contributed by atoms with E-state index >= 15 is 0 Å². The molecule has 0 amide bonds. The summed E-state index contributed by atoms with van der Waals surface area (Å²) in [5.41, 5.74) is 11.8. The van der Waals surface area contributed by atoms with Gasteiger partial charge in [0.25, 0.3) is 0 Å². The third kappa shape index (κ3) is 12.2. The quantitative estimate of drug-likeness (QED) is 0.129. The van der Waals surface area contributed by atoms with Crippen molar-refractivity contribution < 1.29 is 25.8 Å². The van der Waals surface area contributed by atoms with Gasteiger partial charge in [-0.15, -0.1) is 36.4 Å². The molecule has 0 aliphatic carbocycles. The second-order valence-corrected chi connectivity index (χ2v) is 12.0. The average molecular weight is 786 g/mol. The van der Waals surface area contributed by atoms with Crippen molar-refractivity contribution in [1.82, 2.24) is 9.55 Å². The normalized spacial score (nSPS) is 10.1. The molecule has 6 rings (SSSR count). The number of rotatable bonds is 4. The Labute approximate surface area is 303 Å². The maximum absolute atomic E-state index is 4.95. The predicted octanol–water partition coefficient (Wildman–Crippen LogP) is 12.2. The van der Waals surface area contributed by atoms with Gasteiger partial charge >= 0.3 is 25.8 Å². The molecule has 0 N–H and O–H groups in total. The van der Waals surface area contributed by atoms with E-state index in [1.807, 2.05) is 91.0 Å². The topological polar surface area (TPSA) is 31.9 Å². The van der Waals surface area contributed by atoms with E-state index in [4.69, 9.17) is 10.3 Å². The summed E-state index contributed by atoms with van der Waals surface area (Å²) in [5.74, 6) is 0.829. The number of aromatic nitrogens is 2. The summed E-state index contributed by atoms with van der Waals surface area (Å²) in [6.07, 6.45) is 0. The largest absolute Gasteiger partial charge is 4.00 e. The van der Waals surface area contributed by atoms with E-state index in [1.54, 1.807) is 0 Å². The van der Waals surface area contributed by atoms with Crippen LogP contribution in [0, 0.1) is 41.5 Å². The molecule has 3 nitrogen and oxygen atoms in total. The minimum absolute atomic E-state index is 0. The molecule has 0 aliphatic rings. The van der Waals surface area contributed by atoms with E-state index in [-0.39, 0.29) is 31.9 Å². The van der Waals surface area contributed by atoms with Crippen LogP contribution in [-0.2, 0) is 25.8 Å². The van der Waals surface area contributed by atoms with Crippen LogP contribution in [0.2, 0.25) is 0 Å². The average Bonchev–Trinajstić information content (AvgIpc) is 3.37. The van der Waals surface area contributed by atoms with Crippen LogP contribution < -0.4 is 0 Å². The molecule has 0 fully saturated rings. The van der Waals surface area contributed by atoms with Crippen LogP contribution in [0.5, 0.6) is 0 Å². The first-order chi connectivity index (χ1) is 22.0. The molecular weight excluding hydrogens is 737 g/mol. The Morgan fingerprint density at radius 2 is 1.02 bits per heavy atom. The number of benzene rings is 5. The first-order valence-corrected chi connectivity index (χ1v) is 15.9. The van der Waals surface area contributed by atoms with Crippen LogP contribution in [-0.4, -0.2) is 15.6 Å². The minimum atomic E-state index is 0. The molecule has 0 unspecified atom stereocenters. The van der Waals surface area contributed by atoms with Crippen molar-refractivity contribution in [2.45, 2.75) is 60.5 Å². The number of aryl methyl sites for hydroxylation is 3. The fraction of sp³-hybridized carbons (Fsp3) is 0.209. The van der Waals surface area contributed by atoms with Gasteiger partial charge in [-0.05, 0) is 60.6 Å². The van der Waals surface area contributed by atoms with E-state index in [1.165, 1.54) is 27.8 Å². The molecule has 0 aliphatic heterocycles. The Balaban J connectivity index is 0.000000280. The fourth-order valence-electron chi connectivity index (χ4n) is 5.18. The SMILES string of the molecule is Cc1cc(C)c(-c2cccc3c2nc([N-]C(C)C)n3C(C)C)c(C)c1.[CH2-]c1ccccc1.[CH2-]c1ccccc1.[CH2-]c1ccccc1.[Hf+4].